The molecule has 2 atom stereocenters. The Balaban J connectivity index is 0.00000180. The molecule has 0 bridgehead atoms. The van der Waals surface area contributed by atoms with E-state index in [1.54, 1.807) is 19.2 Å². The summed E-state index contributed by atoms with van der Waals surface area (Å²) in [4.78, 5) is 12.2. The molecule has 19 heavy (non-hydrogen) atoms. The Morgan fingerprint density at radius 1 is 1.42 bits per heavy atom. The number of nitrogens with one attached hydrogen (secondary N) is 2. The molecule has 2 N–H and O–H groups in total. The lowest BCUT2D eigenvalue weighted by Gasteiger charge is -2.30. The van der Waals surface area contributed by atoms with Crippen LogP contribution in [0.2, 0.25) is 0 Å². The molecular formula is C14H21ClN2O2. The highest BCUT2D eigenvalue weighted by molar-refractivity contribution is 5.97. The zero-order valence-corrected chi connectivity index (χ0v) is 12.1. The van der Waals surface area contributed by atoms with Gasteiger partial charge in [-0.1, -0.05) is 19.1 Å². The van der Waals surface area contributed by atoms with Gasteiger partial charge in [0.05, 0.1) is 12.7 Å². The Hall–Kier alpha value is -1.26. The number of carbonyl (C=O) groups excluding carboxylic acids is 1. The van der Waals surface area contributed by atoms with Gasteiger partial charge in [-0.3, -0.25) is 4.79 Å². The summed E-state index contributed by atoms with van der Waals surface area (Å²) in [5.41, 5.74) is 0.603. The van der Waals surface area contributed by atoms with Crippen molar-refractivity contribution in [3.05, 3.63) is 29.8 Å². The first-order valence-electron chi connectivity index (χ1n) is 6.37. The minimum atomic E-state index is -0.0498. The second-order valence-corrected chi connectivity index (χ2v) is 4.75. The van der Waals surface area contributed by atoms with Crippen LogP contribution >= 0.6 is 12.4 Å². The Labute approximate surface area is 120 Å². The van der Waals surface area contributed by atoms with E-state index in [0.29, 0.717) is 17.2 Å². The summed E-state index contributed by atoms with van der Waals surface area (Å²) < 4.78 is 5.21. The maximum Gasteiger partial charge on any atom is 0.255 e. The number of benzene rings is 1. The molecule has 5 heteroatoms. The van der Waals surface area contributed by atoms with Crippen molar-refractivity contribution < 1.29 is 9.53 Å². The second kappa shape index (κ2) is 7.36. The number of methoxy groups -OCH3 is 1. The minimum Gasteiger partial charge on any atom is -0.496 e. The van der Waals surface area contributed by atoms with E-state index in [1.165, 1.54) is 0 Å². The van der Waals surface area contributed by atoms with E-state index in [4.69, 9.17) is 4.74 Å². The second-order valence-electron chi connectivity index (χ2n) is 4.75. The predicted molar refractivity (Wildman–Crippen MR) is 78.1 cm³/mol. The van der Waals surface area contributed by atoms with Crippen LogP contribution in [0, 0.1) is 5.92 Å². The molecule has 1 saturated heterocycles. The molecule has 1 amide bonds. The van der Waals surface area contributed by atoms with E-state index in [0.717, 1.165) is 19.5 Å². The highest BCUT2D eigenvalue weighted by Gasteiger charge is 2.23. The molecule has 0 radical (unpaired) electrons. The first-order valence-corrected chi connectivity index (χ1v) is 6.37. The van der Waals surface area contributed by atoms with Crippen LogP contribution in [-0.2, 0) is 0 Å². The van der Waals surface area contributed by atoms with Crippen LogP contribution in [0.15, 0.2) is 24.3 Å². The lowest BCUT2D eigenvalue weighted by Crippen LogP contribution is -2.48. The van der Waals surface area contributed by atoms with Gasteiger partial charge in [0.1, 0.15) is 5.75 Å². The van der Waals surface area contributed by atoms with Gasteiger partial charge in [-0.15, -0.1) is 12.4 Å². The van der Waals surface area contributed by atoms with Crippen LogP contribution < -0.4 is 15.4 Å². The Bertz CT molecular complexity index is 426. The van der Waals surface area contributed by atoms with Gasteiger partial charge in [-0.2, -0.15) is 0 Å². The van der Waals surface area contributed by atoms with Gasteiger partial charge >= 0.3 is 0 Å². The molecule has 2 unspecified atom stereocenters. The molecule has 0 saturated carbocycles. The highest BCUT2D eigenvalue weighted by Crippen LogP contribution is 2.18. The van der Waals surface area contributed by atoms with Crippen molar-refractivity contribution in [2.24, 2.45) is 5.92 Å². The quantitative estimate of drug-likeness (QED) is 0.891. The number of piperidine rings is 1. The van der Waals surface area contributed by atoms with E-state index < -0.39 is 0 Å². The van der Waals surface area contributed by atoms with Crippen LogP contribution in [0.4, 0.5) is 0 Å². The zero-order valence-electron chi connectivity index (χ0n) is 11.3. The van der Waals surface area contributed by atoms with E-state index in [1.807, 2.05) is 12.1 Å². The van der Waals surface area contributed by atoms with Crippen LogP contribution in [-0.4, -0.2) is 32.1 Å². The fraction of sp³-hybridized carbons (Fsp3) is 0.500. The fourth-order valence-corrected chi connectivity index (χ4v) is 2.31. The van der Waals surface area contributed by atoms with Crippen LogP contribution in [0.1, 0.15) is 23.7 Å². The monoisotopic (exact) mass is 284 g/mol. The van der Waals surface area contributed by atoms with Gasteiger partial charge in [0.2, 0.25) is 0 Å². The molecule has 1 aliphatic heterocycles. The largest absolute Gasteiger partial charge is 0.496 e. The topological polar surface area (TPSA) is 50.4 Å². The number of hydrogen-bond donors (Lipinski definition) is 2. The molecule has 1 aromatic rings. The summed E-state index contributed by atoms with van der Waals surface area (Å²) >= 11 is 0. The standard InChI is InChI=1S/C14H20N2O2.ClH/c1-10-9-15-8-7-12(10)16-14(17)11-5-3-4-6-13(11)18-2;/h3-6,10,12,15H,7-9H2,1-2H3,(H,16,17);1H. The number of para-hydroxylation sites is 1. The van der Waals surface area contributed by atoms with Crippen molar-refractivity contribution in [3.8, 4) is 5.75 Å². The molecule has 1 heterocycles. The lowest BCUT2D eigenvalue weighted by atomic mass is 9.95. The Kier molecular flexibility index (Phi) is 6.12. The first-order chi connectivity index (χ1) is 8.72. The van der Waals surface area contributed by atoms with Crippen LogP contribution in [0.3, 0.4) is 0 Å². The average molecular weight is 285 g/mol. The van der Waals surface area contributed by atoms with Crippen LogP contribution in [0.5, 0.6) is 5.75 Å². The fourth-order valence-electron chi connectivity index (χ4n) is 2.31. The van der Waals surface area contributed by atoms with Crippen molar-refractivity contribution in [1.82, 2.24) is 10.6 Å². The Morgan fingerprint density at radius 2 is 2.16 bits per heavy atom. The summed E-state index contributed by atoms with van der Waals surface area (Å²) in [6, 6.07) is 7.55. The molecule has 0 aliphatic carbocycles. The van der Waals surface area contributed by atoms with E-state index in [9.17, 15) is 4.79 Å². The maximum absolute atomic E-state index is 12.2. The van der Waals surface area contributed by atoms with Crippen molar-refractivity contribution in [1.29, 1.82) is 0 Å². The number of ether oxygens (including phenoxy) is 1. The van der Waals surface area contributed by atoms with E-state index in [-0.39, 0.29) is 24.4 Å². The van der Waals surface area contributed by atoms with Crippen molar-refractivity contribution in [3.63, 3.8) is 0 Å². The van der Waals surface area contributed by atoms with Gasteiger partial charge in [-0.25, -0.2) is 0 Å². The normalized spacial score (nSPS) is 22.2. The molecule has 1 fully saturated rings. The summed E-state index contributed by atoms with van der Waals surface area (Å²) in [6.45, 7) is 4.07. The third-order valence-corrected chi connectivity index (χ3v) is 3.45. The third-order valence-electron chi connectivity index (χ3n) is 3.45. The van der Waals surface area contributed by atoms with Gasteiger partial charge in [0.25, 0.3) is 5.91 Å². The molecule has 2 rings (SSSR count). The molecule has 1 aromatic carbocycles. The Morgan fingerprint density at radius 3 is 2.84 bits per heavy atom. The molecule has 106 valence electrons. The van der Waals surface area contributed by atoms with Gasteiger partial charge in [0, 0.05) is 6.04 Å². The lowest BCUT2D eigenvalue weighted by molar-refractivity contribution is 0.0911. The van der Waals surface area contributed by atoms with Gasteiger partial charge in [-0.05, 0) is 37.6 Å². The number of rotatable bonds is 3. The van der Waals surface area contributed by atoms with E-state index in [2.05, 4.69) is 17.6 Å². The number of hydrogen-bond acceptors (Lipinski definition) is 3. The third kappa shape index (κ3) is 3.85. The van der Waals surface area contributed by atoms with Crippen molar-refractivity contribution in [2.75, 3.05) is 20.2 Å². The number of amides is 1. The predicted octanol–water partition coefficient (Wildman–Crippen LogP) is 1.84. The van der Waals surface area contributed by atoms with Gasteiger partial charge < -0.3 is 15.4 Å². The summed E-state index contributed by atoms with van der Waals surface area (Å²) in [5.74, 6) is 1.03. The van der Waals surface area contributed by atoms with E-state index >= 15 is 0 Å². The highest BCUT2D eigenvalue weighted by atomic mass is 35.5. The number of carbonyl (C=O) groups is 1. The average Bonchev–Trinajstić information content (AvgIpc) is 2.41. The molecule has 0 aromatic heterocycles. The summed E-state index contributed by atoms with van der Waals surface area (Å²) in [7, 11) is 1.58. The summed E-state index contributed by atoms with van der Waals surface area (Å²) in [6.07, 6.45) is 0.974. The first kappa shape index (κ1) is 15.8. The van der Waals surface area contributed by atoms with Gasteiger partial charge in [0.15, 0.2) is 0 Å². The van der Waals surface area contributed by atoms with Crippen molar-refractivity contribution in [2.45, 2.75) is 19.4 Å². The molecule has 1 aliphatic rings. The summed E-state index contributed by atoms with van der Waals surface area (Å²) in [5, 5.41) is 6.42. The number of halogens is 1. The van der Waals surface area contributed by atoms with Crippen LogP contribution in [0.25, 0.3) is 0 Å². The molecule has 4 nitrogen and oxygen atoms in total. The smallest absolute Gasteiger partial charge is 0.255 e. The molecular weight excluding hydrogens is 264 g/mol. The van der Waals surface area contributed by atoms with Crippen molar-refractivity contribution >= 4 is 18.3 Å². The maximum atomic E-state index is 12.2. The zero-order chi connectivity index (χ0) is 13.0. The molecule has 0 spiro atoms. The minimum absolute atomic E-state index is 0. The SMILES string of the molecule is COc1ccccc1C(=O)NC1CCNCC1C.Cl.